The quantitative estimate of drug-likeness (QED) is 0.688. The first-order valence-electron chi connectivity index (χ1n) is 10.1. The smallest absolute Gasteiger partial charge is 0.317 e. The van der Waals surface area contributed by atoms with Crippen LogP contribution in [0, 0.1) is 5.92 Å². The maximum absolute atomic E-state index is 12.2. The molecule has 2 amide bonds. The van der Waals surface area contributed by atoms with Gasteiger partial charge in [0.15, 0.2) is 0 Å². The predicted molar refractivity (Wildman–Crippen MR) is 108 cm³/mol. The SMILES string of the molecule is CCN(CC(C)C)C(=O)NCCCN1CCN(Cc2ccccc2)CC1. The molecular formula is C21H36N4O. The molecule has 0 spiro atoms. The van der Waals surface area contributed by atoms with E-state index in [1.54, 1.807) is 0 Å². The molecule has 1 aliphatic rings. The molecule has 0 saturated carbocycles. The number of piperazine rings is 1. The van der Waals surface area contributed by atoms with E-state index in [1.165, 1.54) is 5.56 Å². The lowest BCUT2D eigenvalue weighted by Gasteiger charge is -2.34. The summed E-state index contributed by atoms with van der Waals surface area (Å²) in [6, 6.07) is 10.8. The van der Waals surface area contributed by atoms with Crippen molar-refractivity contribution in [3.63, 3.8) is 0 Å². The van der Waals surface area contributed by atoms with Gasteiger partial charge in [-0.15, -0.1) is 0 Å². The van der Waals surface area contributed by atoms with Gasteiger partial charge < -0.3 is 15.1 Å². The molecule has 1 aromatic carbocycles. The molecule has 0 unspecified atom stereocenters. The molecule has 1 aliphatic heterocycles. The van der Waals surface area contributed by atoms with Gasteiger partial charge in [-0.05, 0) is 31.4 Å². The van der Waals surface area contributed by atoms with Crippen molar-refractivity contribution < 1.29 is 4.79 Å². The maximum atomic E-state index is 12.2. The van der Waals surface area contributed by atoms with Crippen LogP contribution < -0.4 is 5.32 Å². The van der Waals surface area contributed by atoms with Gasteiger partial charge in [0.1, 0.15) is 0 Å². The van der Waals surface area contributed by atoms with Gasteiger partial charge >= 0.3 is 6.03 Å². The summed E-state index contributed by atoms with van der Waals surface area (Å²) < 4.78 is 0. The summed E-state index contributed by atoms with van der Waals surface area (Å²) in [6.45, 7) is 15.3. The third-order valence-electron chi connectivity index (χ3n) is 4.90. The van der Waals surface area contributed by atoms with E-state index in [4.69, 9.17) is 0 Å². The third kappa shape index (κ3) is 7.34. The Morgan fingerprint density at radius 1 is 1.12 bits per heavy atom. The van der Waals surface area contributed by atoms with Crippen molar-refractivity contribution in [1.29, 1.82) is 0 Å². The number of amides is 2. The molecule has 0 aliphatic carbocycles. The average Bonchev–Trinajstić information content (AvgIpc) is 2.65. The Hall–Kier alpha value is -1.59. The lowest BCUT2D eigenvalue weighted by molar-refractivity contribution is 0.126. The second kappa shape index (κ2) is 11.2. The van der Waals surface area contributed by atoms with E-state index in [9.17, 15) is 4.79 Å². The van der Waals surface area contributed by atoms with E-state index >= 15 is 0 Å². The highest BCUT2D eigenvalue weighted by molar-refractivity contribution is 5.74. The Bertz CT molecular complexity index is 512. The first-order chi connectivity index (χ1) is 12.6. The summed E-state index contributed by atoms with van der Waals surface area (Å²) in [4.78, 5) is 19.1. The highest BCUT2D eigenvalue weighted by Crippen LogP contribution is 2.08. The van der Waals surface area contributed by atoms with Crippen molar-refractivity contribution in [3.05, 3.63) is 35.9 Å². The molecule has 146 valence electrons. The van der Waals surface area contributed by atoms with Crippen molar-refractivity contribution in [2.75, 3.05) is 52.4 Å². The number of rotatable bonds is 9. The molecule has 0 aromatic heterocycles. The highest BCUT2D eigenvalue weighted by atomic mass is 16.2. The number of hydrogen-bond acceptors (Lipinski definition) is 3. The molecule has 0 atom stereocenters. The van der Waals surface area contributed by atoms with Crippen LogP contribution in [0.5, 0.6) is 0 Å². The summed E-state index contributed by atoms with van der Waals surface area (Å²) in [5.74, 6) is 0.507. The second-order valence-corrected chi connectivity index (χ2v) is 7.62. The van der Waals surface area contributed by atoms with Crippen LogP contribution in [-0.4, -0.2) is 73.1 Å². The van der Waals surface area contributed by atoms with E-state index in [1.807, 2.05) is 11.8 Å². The number of benzene rings is 1. The summed E-state index contributed by atoms with van der Waals surface area (Å²) in [6.07, 6.45) is 1.02. The second-order valence-electron chi connectivity index (χ2n) is 7.62. The number of nitrogens with zero attached hydrogens (tertiary/aromatic N) is 3. The number of urea groups is 1. The molecule has 26 heavy (non-hydrogen) atoms. The molecule has 1 aromatic rings. The summed E-state index contributed by atoms with van der Waals surface area (Å²) in [5.41, 5.74) is 1.39. The van der Waals surface area contributed by atoms with Crippen molar-refractivity contribution in [2.24, 2.45) is 5.92 Å². The van der Waals surface area contributed by atoms with Gasteiger partial charge in [-0.1, -0.05) is 44.2 Å². The van der Waals surface area contributed by atoms with E-state index < -0.39 is 0 Å². The van der Waals surface area contributed by atoms with Crippen LogP contribution in [0.4, 0.5) is 4.79 Å². The molecule has 5 nitrogen and oxygen atoms in total. The van der Waals surface area contributed by atoms with Gasteiger partial charge in [0, 0.05) is 52.4 Å². The Morgan fingerprint density at radius 2 is 1.77 bits per heavy atom. The molecule has 2 rings (SSSR count). The zero-order chi connectivity index (χ0) is 18.8. The van der Waals surface area contributed by atoms with Gasteiger partial charge in [-0.3, -0.25) is 4.90 Å². The zero-order valence-electron chi connectivity index (χ0n) is 16.8. The third-order valence-corrected chi connectivity index (χ3v) is 4.90. The van der Waals surface area contributed by atoms with Crippen molar-refractivity contribution in [1.82, 2.24) is 20.0 Å². The van der Waals surface area contributed by atoms with E-state index in [-0.39, 0.29) is 6.03 Å². The molecule has 0 radical (unpaired) electrons. The van der Waals surface area contributed by atoms with E-state index in [0.717, 1.165) is 65.3 Å². The average molecular weight is 361 g/mol. The van der Waals surface area contributed by atoms with Crippen LogP contribution in [0.15, 0.2) is 30.3 Å². The summed E-state index contributed by atoms with van der Waals surface area (Å²) in [5, 5.41) is 3.07. The van der Waals surface area contributed by atoms with Gasteiger partial charge in [0.2, 0.25) is 0 Å². The molecule has 1 heterocycles. The highest BCUT2D eigenvalue weighted by Gasteiger charge is 2.17. The lowest BCUT2D eigenvalue weighted by atomic mass is 10.2. The molecule has 1 fully saturated rings. The van der Waals surface area contributed by atoms with Gasteiger partial charge in [-0.2, -0.15) is 0 Å². The number of carbonyl (C=O) groups excluding carboxylic acids is 1. The molecular weight excluding hydrogens is 324 g/mol. The Balaban J connectivity index is 1.58. The minimum Gasteiger partial charge on any atom is -0.338 e. The molecule has 0 bridgehead atoms. The fraction of sp³-hybridized carbons (Fsp3) is 0.667. The summed E-state index contributed by atoms with van der Waals surface area (Å²) in [7, 11) is 0. The molecule has 1 saturated heterocycles. The maximum Gasteiger partial charge on any atom is 0.317 e. The Labute approximate surface area is 159 Å². The fourth-order valence-electron chi connectivity index (χ4n) is 3.42. The first-order valence-corrected chi connectivity index (χ1v) is 10.1. The largest absolute Gasteiger partial charge is 0.338 e. The van der Waals surface area contributed by atoms with Gasteiger partial charge in [-0.25, -0.2) is 4.79 Å². The van der Waals surface area contributed by atoms with Crippen LogP contribution in [0.1, 0.15) is 32.8 Å². The minimum atomic E-state index is 0.0777. The summed E-state index contributed by atoms with van der Waals surface area (Å²) >= 11 is 0. The van der Waals surface area contributed by atoms with Gasteiger partial charge in [0.25, 0.3) is 0 Å². The van der Waals surface area contributed by atoms with Crippen molar-refractivity contribution in [2.45, 2.75) is 33.7 Å². The van der Waals surface area contributed by atoms with Crippen LogP contribution in [-0.2, 0) is 6.54 Å². The first kappa shape index (κ1) is 20.7. The Morgan fingerprint density at radius 3 is 2.38 bits per heavy atom. The lowest BCUT2D eigenvalue weighted by Crippen LogP contribution is -2.47. The van der Waals surface area contributed by atoms with Crippen LogP contribution in [0.25, 0.3) is 0 Å². The predicted octanol–water partition coefficient (Wildman–Crippen LogP) is 2.88. The van der Waals surface area contributed by atoms with Crippen molar-refractivity contribution in [3.8, 4) is 0 Å². The monoisotopic (exact) mass is 360 g/mol. The number of carbonyl (C=O) groups is 1. The van der Waals surface area contributed by atoms with E-state index in [0.29, 0.717) is 5.92 Å². The van der Waals surface area contributed by atoms with Crippen molar-refractivity contribution >= 4 is 6.03 Å². The molecule has 1 N–H and O–H groups in total. The normalized spacial score (nSPS) is 16.0. The minimum absolute atomic E-state index is 0.0777. The molecule has 5 heteroatoms. The fourth-order valence-corrected chi connectivity index (χ4v) is 3.42. The van der Waals surface area contributed by atoms with Crippen LogP contribution >= 0.6 is 0 Å². The van der Waals surface area contributed by atoms with Crippen LogP contribution in [0.3, 0.4) is 0 Å². The topological polar surface area (TPSA) is 38.8 Å². The zero-order valence-corrected chi connectivity index (χ0v) is 16.8. The standard InChI is InChI=1S/C21H36N4O/c1-4-25(17-19(2)3)21(26)22-11-8-12-23-13-15-24(16-14-23)18-20-9-6-5-7-10-20/h5-7,9-10,19H,4,8,11-18H2,1-3H3,(H,22,26). The van der Waals surface area contributed by atoms with Crippen LogP contribution in [0.2, 0.25) is 0 Å². The van der Waals surface area contributed by atoms with E-state index in [2.05, 4.69) is 59.3 Å². The number of hydrogen-bond donors (Lipinski definition) is 1. The van der Waals surface area contributed by atoms with Gasteiger partial charge in [0.05, 0.1) is 0 Å². The number of nitrogens with one attached hydrogen (secondary N) is 1. The Kier molecular flexibility index (Phi) is 8.92.